The zero-order chi connectivity index (χ0) is 98.1. The van der Waals surface area contributed by atoms with Crippen molar-refractivity contribution in [1.29, 1.82) is 0 Å². The van der Waals surface area contributed by atoms with Crippen LogP contribution in [0.4, 0.5) is 11.4 Å². The molecule has 0 bridgehead atoms. The number of Topliss-reactive ketones (excluding diaryl/α,β-unsaturated/α-hetero) is 1. The summed E-state index contributed by atoms with van der Waals surface area (Å²) in [5.74, 6) is 7.38. The molecular formula is C97H162AlCl2I8N7O7S4. The Balaban J connectivity index is -0.000000664. The fourth-order valence-electron chi connectivity index (χ4n) is 10.9. The van der Waals surface area contributed by atoms with Crippen molar-refractivity contribution in [3.05, 3.63) is 154 Å². The lowest BCUT2D eigenvalue weighted by Gasteiger charge is -2.40. The predicted molar refractivity (Wildman–Crippen MR) is 633 cm³/mol. The van der Waals surface area contributed by atoms with Gasteiger partial charge in [0, 0.05) is 76.4 Å². The molecule has 29 heteroatoms. The molecule has 5 aromatic rings. The molecule has 724 valence electrons. The summed E-state index contributed by atoms with van der Waals surface area (Å²) in [5.41, 5.74) is 24.2. The minimum Gasteiger partial charge on any atom is -0.399 e. The number of hydrogen-bond donors (Lipinski definition) is 4. The number of rotatable bonds is 6. The first kappa shape index (κ1) is 134. The van der Waals surface area contributed by atoms with Gasteiger partial charge in [-0.1, -0.05) is 161 Å². The van der Waals surface area contributed by atoms with E-state index in [2.05, 4.69) is 391 Å². The van der Waals surface area contributed by atoms with Crippen LogP contribution in [0.1, 0.15) is 370 Å². The molecule has 0 spiro atoms. The lowest BCUT2D eigenvalue weighted by atomic mass is 9.75. The van der Waals surface area contributed by atoms with E-state index in [-0.39, 0.29) is 78.2 Å². The Morgan fingerprint density at radius 2 is 0.667 bits per heavy atom. The molecule has 4 aliphatic rings. The number of carbonyl (C=O) groups is 1. The van der Waals surface area contributed by atoms with Crippen molar-refractivity contribution in [3.8, 4) is 0 Å². The second kappa shape index (κ2) is 64.0. The maximum absolute atomic E-state index is 12.9. The quantitative estimate of drug-likeness (QED) is 0.0415. The summed E-state index contributed by atoms with van der Waals surface area (Å²) < 4.78 is 66.6. The molecule has 4 atom stereocenters. The van der Waals surface area contributed by atoms with Gasteiger partial charge in [0.2, 0.25) is 0 Å². The molecule has 5 aromatic carbocycles. The van der Waals surface area contributed by atoms with Crippen LogP contribution in [0.5, 0.6) is 0 Å². The Morgan fingerprint density at radius 3 is 0.905 bits per heavy atom. The Kier molecular flexibility index (Phi) is 68.0. The number of nitrogen functional groups attached to an aromatic ring is 2. The lowest BCUT2D eigenvalue weighted by molar-refractivity contribution is -0.120. The van der Waals surface area contributed by atoms with Crippen molar-refractivity contribution in [2.75, 3.05) is 11.5 Å². The third-order valence-corrected chi connectivity index (χ3v) is 29.4. The number of anilines is 2. The molecule has 0 saturated heterocycles. The Bertz CT molecular complexity index is 3960. The number of ketones is 1. The molecule has 126 heavy (non-hydrogen) atoms. The summed E-state index contributed by atoms with van der Waals surface area (Å²) in [7, 11) is 0.271. The first-order chi connectivity index (χ1) is 56.7. The van der Waals surface area contributed by atoms with E-state index in [4.69, 9.17) is 16.6 Å². The number of nitrogens with one attached hydrogen (secondary N) is 1. The third-order valence-electron chi connectivity index (χ3n) is 18.7. The van der Waals surface area contributed by atoms with Gasteiger partial charge in [-0.25, -0.2) is 21.6 Å². The van der Waals surface area contributed by atoms with Crippen molar-refractivity contribution in [3.63, 3.8) is 0 Å². The number of nitrogens with two attached hydrogens (primary N) is 3. The van der Waals surface area contributed by atoms with Crippen LogP contribution >= 0.6 is 201 Å². The van der Waals surface area contributed by atoms with Gasteiger partial charge in [-0.05, 0) is 481 Å². The van der Waals surface area contributed by atoms with Gasteiger partial charge >= 0.3 is 0 Å². The number of halogens is 10. The molecule has 0 aromatic heterocycles. The lowest BCUT2D eigenvalue weighted by Crippen LogP contribution is -2.49. The average Bonchev–Trinajstić information content (AvgIpc) is 0.772. The van der Waals surface area contributed by atoms with E-state index in [9.17, 15) is 26.5 Å². The molecule has 9 rings (SSSR count). The highest BCUT2D eigenvalue weighted by Gasteiger charge is 2.39. The van der Waals surface area contributed by atoms with Gasteiger partial charge < -0.3 is 16.3 Å². The molecule has 14 nitrogen and oxygen atoms in total. The normalized spacial score (nSPS) is 15.7. The van der Waals surface area contributed by atoms with E-state index in [0.29, 0.717) is 5.78 Å². The van der Waals surface area contributed by atoms with Crippen molar-refractivity contribution < 1.29 is 26.5 Å². The van der Waals surface area contributed by atoms with Crippen LogP contribution in [0, 0.1) is 29.9 Å². The fraction of sp³-hybridized carbons (Fsp3) is 0.660. The summed E-state index contributed by atoms with van der Waals surface area (Å²) in [6, 6.07) is 32.7. The molecule has 0 aliphatic heterocycles. The SMILES string of the molecule is CC(C)(C)ON=O.CC(C)(C)S(=O)N=C1CCCCC1.CC(C)(C)S(=O)N=C1CCCCC1.CC(C)(C)S(N)=O.CC(C)(C)c1cc(I)c(N)c(I)c1.CC(C)(C)c1cc(I)cc(C2(NS(=O)C(C)(C)C)CCCCC2)c1.CC(C)(C)c1cc(I)cc(I)c1.CC(C)(C)c1cc(I)cc(I)c1.CC(C)(C)c1ccc(N)cc1.Cl.ClI.O=C1CCCCC1.[CH3][Al]([CH3])[CH3]. The molecule has 4 saturated carbocycles. The van der Waals surface area contributed by atoms with Crippen LogP contribution < -0.4 is 21.3 Å². The number of nitrogens with zero attached hydrogens (tertiary/aromatic N) is 3. The number of benzene rings is 5. The molecule has 0 radical (unpaired) electrons. The second-order valence-electron chi connectivity index (χ2n) is 42.6. The monoisotopic (exact) mass is 2780 g/mol. The molecule has 4 aliphatic carbocycles. The fourth-order valence-corrected chi connectivity index (χ4v) is 19.6. The van der Waals surface area contributed by atoms with Gasteiger partial charge in [-0.2, -0.15) is 8.80 Å². The van der Waals surface area contributed by atoms with Crippen LogP contribution in [-0.4, -0.2) is 72.8 Å². The predicted octanol–water partition coefficient (Wildman–Crippen LogP) is 33.0. The van der Waals surface area contributed by atoms with E-state index in [1.807, 2.05) is 95.2 Å². The zero-order valence-electron chi connectivity index (χ0n) is 82.8. The van der Waals surface area contributed by atoms with E-state index in [1.54, 1.807) is 42.2 Å². The van der Waals surface area contributed by atoms with Crippen LogP contribution in [0.25, 0.3) is 0 Å². The van der Waals surface area contributed by atoms with Crippen LogP contribution in [0.2, 0.25) is 17.4 Å². The van der Waals surface area contributed by atoms with Crippen LogP contribution in [-0.2, 0) is 86.2 Å². The molecular weight excluding hydrogens is 2620 g/mol. The second-order valence-corrected chi connectivity index (χ2v) is 62.2. The molecule has 4 unspecified atom stereocenters. The first-order valence-corrected chi connectivity index (χ1v) is 61.9. The number of hydrogen-bond acceptors (Lipinski definition) is 10. The Morgan fingerprint density at radius 1 is 0.397 bits per heavy atom. The topological polar surface area (TPSA) is 239 Å². The maximum atomic E-state index is 12.9. The van der Waals surface area contributed by atoms with Crippen LogP contribution in [0.15, 0.2) is 105 Å². The first-order valence-electron chi connectivity index (χ1n) is 43.5. The largest absolute Gasteiger partial charge is 0.399 e. The highest BCUT2D eigenvalue weighted by Crippen LogP contribution is 2.41. The van der Waals surface area contributed by atoms with Crippen molar-refractivity contribution >= 4 is 288 Å². The highest BCUT2D eigenvalue weighted by molar-refractivity contribution is 14.1. The minimum absolute atomic E-state index is 0. The molecule has 7 N–H and O–H groups in total. The van der Waals surface area contributed by atoms with Crippen molar-refractivity contribution in [2.45, 2.75) is 411 Å². The Hall–Kier alpha value is 1.58. The molecule has 4 fully saturated rings. The van der Waals surface area contributed by atoms with Crippen molar-refractivity contribution in [1.82, 2.24) is 4.72 Å². The highest BCUT2D eigenvalue weighted by atomic mass is 127. The van der Waals surface area contributed by atoms with Gasteiger partial charge in [0.25, 0.3) is 14.1 Å². The molecule has 0 amide bonds. The van der Waals surface area contributed by atoms with Gasteiger partial charge in [-0.15, -0.1) is 34.7 Å². The van der Waals surface area contributed by atoms with Gasteiger partial charge in [0.15, 0.2) is 5.34 Å². The third kappa shape index (κ3) is 64.0. The standard InChI is InChI=1S/C20H32INOS.C10H13I2N.2C10H12I2.2C10H19NOS.C10H15N.C6H10O.C4H9NO2.C4H11NOS.3CH3.Al.ClI.ClH/c1-18(2,3)15-12-16(14-17(21)13-15)20(10-8-7-9-11-20)22-24(23)19(4,5)6;1-10(2,3)6-4-7(11)9(13)8(12)5-6;2*1-10(2,3)7-4-8(11)6-9(12)5-7;2*1-10(2,3)13(12)11-9-7-5-4-6-8-9;1-10(2,3)8-4-6-9(11)7-5-8;7-6-4-2-1-3-5-6;1-4(2,3)7-5-6;1-4(2,3)7(5)6;;;;;1-2;/h12-14,22H,7-11H2,1-6H3;4-5H,13H2,1-3H3;2*4-6H,1-3H3;2*4-8H2,1-3H3;4-7H,11H2,1-3H3;1-5H2;1-3H3;5H2,1-3H3;3*1H3;;;1H. The summed E-state index contributed by atoms with van der Waals surface area (Å²) in [6.07, 6.45) is 22.8. The van der Waals surface area contributed by atoms with Gasteiger partial charge in [0.1, 0.15) is 33.4 Å². The average molecular weight is 2780 g/mol. The van der Waals surface area contributed by atoms with E-state index < -0.39 is 49.5 Å². The summed E-state index contributed by atoms with van der Waals surface area (Å²) >= 11 is 17.9. The summed E-state index contributed by atoms with van der Waals surface area (Å²) in [4.78, 5) is 24.1. The van der Waals surface area contributed by atoms with Gasteiger partial charge in [0.05, 0.1) is 52.2 Å². The summed E-state index contributed by atoms with van der Waals surface area (Å²) in [5, 5.41) is 7.30. The maximum Gasteiger partial charge on any atom is 0.251 e. The van der Waals surface area contributed by atoms with Gasteiger partial charge in [-0.3, -0.25) is 9.93 Å². The summed E-state index contributed by atoms with van der Waals surface area (Å²) in [6.45, 7) is 62.2. The van der Waals surface area contributed by atoms with Crippen LogP contribution in [0.3, 0.4) is 0 Å². The molecule has 0 heterocycles. The van der Waals surface area contributed by atoms with E-state index >= 15 is 0 Å². The minimum atomic E-state index is -1.18. The number of carbonyl (C=O) groups excluding carboxylic acids is 1. The smallest absolute Gasteiger partial charge is 0.251 e. The van der Waals surface area contributed by atoms with Crippen molar-refractivity contribution in [2.24, 2.45) is 19.3 Å². The van der Waals surface area contributed by atoms with E-state index in [0.717, 1.165) is 82.7 Å². The van der Waals surface area contributed by atoms with E-state index in [1.165, 1.54) is 127 Å². The Labute approximate surface area is 901 Å². The zero-order valence-corrected chi connectivity index (χ0v) is 106.